The van der Waals surface area contributed by atoms with Crippen LogP contribution in [0.2, 0.25) is 18.1 Å². The molecule has 0 saturated carbocycles. The van der Waals surface area contributed by atoms with E-state index < -0.39 is 24.5 Å². The normalized spacial score (nSPS) is 13.7. The van der Waals surface area contributed by atoms with Crippen LogP contribution in [0.15, 0.2) is 28.1 Å². The molecule has 4 nitrogen and oxygen atoms in total. The van der Waals surface area contributed by atoms with E-state index in [1.165, 1.54) is 5.56 Å². The molecule has 0 unspecified atom stereocenters. The summed E-state index contributed by atoms with van der Waals surface area (Å²) in [6.45, 7) is 22.0. The van der Waals surface area contributed by atoms with E-state index >= 15 is 0 Å². The second-order valence-corrected chi connectivity index (χ2v) is 18.6. The third kappa shape index (κ3) is 10.4. The van der Waals surface area contributed by atoms with Gasteiger partial charge in [0, 0.05) is 13.0 Å². The molecule has 0 aliphatic carbocycles. The van der Waals surface area contributed by atoms with Crippen molar-refractivity contribution in [3.05, 3.63) is 39.9 Å². The third-order valence-corrected chi connectivity index (χ3v) is 13.2. The number of benzene rings is 1. The molecule has 0 aliphatic heterocycles. The predicted octanol–water partition coefficient (Wildman–Crippen LogP) is 8.72. The van der Waals surface area contributed by atoms with Gasteiger partial charge in [-0.15, -0.1) is 0 Å². The van der Waals surface area contributed by atoms with E-state index in [2.05, 4.69) is 89.3 Å². The van der Waals surface area contributed by atoms with Crippen LogP contribution in [0.1, 0.15) is 96.8 Å². The Morgan fingerprint density at radius 1 is 1.03 bits per heavy atom. The topological polar surface area (TPSA) is 52.6 Å². The third-order valence-electron chi connectivity index (χ3n) is 6.78. The minimum absolute atomic E-state index is 0.145. The lowest BCUT2D eigenvalue weighted by Crippen LogP contribution is -2.41. The van der Waals surface area contributed by atoms with E-state index in [9.17, 15) is 8.42 Å². The van der Waals surface area contributed by atoms with E-state index in [1.54, 1.807) is 0 Å². The monoisotopic (exact) mass is 588 g/mol. The Bertz CT molecular complexity index is 892. The highest BCUT2D eigenvalue weighted by Crippen LogP contribution is 2.37. The molecule has 1 aromatic carbocycles. The van der Waals surface area contributed by atoms with Crippen LogP contribution in [0, 0.1) is 0 Å². The van der Waals surface area contributed by atoms with Crippen LogP contribution in [0.5, 0.6) is 0 Å². The van der Waals surface area contributed by atoms with Crippen molar-refractivity contribution in [2.75, 3.05) is 6.61 Å². The molecule has 0 bridgehead atoms. The van der Waals surface area contributed by atoms with Crippen LogP contribution in [-0.2, 0) is 38.0 Å². The quantitative estimate of drug-likeness (QED) is 0.110. The molecule has 1 atom stereocenters. The minimum atomic E-state index is -3.93. The van der Waals surface area contributed by atoms with E-state index in [0.29, 0.717) is 24.3 Å². The van der Waals surface area contributed by atoms with Gasteiger partial charge in [-0.2, -0.15) is 8.42 Å². The molecule has 0 heterocycles. The van der Waals surface area contributed by atoms with Gasteiger partial charge in [0.05, 0.1) is 6.10 Å². The van der Waals surface area contributed by atoms with E-state index in [1.807, 2.05) is 0 Å². The highest BCUT2D eigenvalue weighted by Gasteiger charge is 2.37. The highest BCUT2D eigenvalue weighted by molar-refractivity contribution is 9.11. The number of hydrogen-bond donors (Lipinski definition) is 0. The largest absolute Gasteiger partial charge is 0.417 e. The molecule has 35 heavy (non-hydrogen) atoms. The second kappa shape index (κ2) is 14.5. The van der Waals surface area contributed by atoms with E-state index in [-0.39, 0.29) is 5.04 Å². The van der Waals surface area contributed by atoms with Gasteiger partial charge in [0.25, 0.3) is 10.1 Å². The fourth-order valence-electron chi connectivity index (χ4n) is 4.00. The van der Waals surface area contributed by atoms with Crippen molar-refractivity contribution in [3.8, 4) is 0 Å². The Morgan fingerprint density at radius 3 is 1.97 bits per heavy atom. The van der Waals surface area contributed by atoms with Gasteiger partial charge in [-0.05, 0) is 71.4 Å². The molecule has 0 radical (unpaired) electrons. The van der Waals surface area contributed by atoms with Crippen LogP contribution in [-0.4, -0.2) is 29.4 Å². The summed E-state index contributed by atoms with van der Waals surface area (Å²) >= 11 is 3.42. The summed E-state index contributed by atoms with van der Waals surface area (Å²) in [6, 6.07) is 4.15. The molecule has 7 heteroatoms. The van der Waals surface area contributed by atoms with Crippen molar-refractivity contribution < 1.29 is 17.0 Å². The number of rotatable bonds is 16. The average molecular weight is 590 g/mol. The first-order valence-electron chi connectivity index (χ1n) is 13.2. The second-order valence-electron chi connectivity index (χ2n) is 11.1. The van der Waals surface area contributed by atoms with Crippen LogP contribution in [0.4, 0.5) is 0 Å². The predicted molar refractivity (Wildman–Crippen MR) is 156 cm³/mol. The molecule has 0 aliphatic rings. The first-order chi connectivity index (χ1) is 16.2. The van der Waals surface area contributed by atoms with Gasteiger partial charge in [-0.3, -0.25) is 4.18 Å². The molecule has 1 aromatic rings. The lowest BCUT2D eigenvalue weighted by Gasteiger charge is -2.36. The highest BCUT2D eigenvalue weighted by atomic mass is 79.9. The molecule has 0 saturated heterocycles. The summed E-state index contributed by atoms with van der Waals surface area (Å²) in [5.74, 6) is 0. The molecule has 202 valence electrons. The Hall–Kier alpha value is -0.473. The number of aryl methyl sites for hydroxylation is 3. The van der Waals surface area contributed by atoms with Gasteiger partial charge >= 0.3 is 0 Å². The molecule has 1 rings (SSSR count). The van der Waals surface area contributed by atoms with E-state index in [4.69, 9.17) is 8.61 Å². The smallest absolute Gasteiger partial charge is 0.297 e. The Labute approximate surface area is 225 Å². The van der Waals surface area contributed by atoms with Crippen molar-refractivity contribution in [1.82, 2.24) is 0 Å². The van der Waals surface area contributed by atoms with Gasteiger partial charge in [-0.25, -0.2) is 0 Å². The lowest BCUT2D eigenvalue weighted by atomic mass is 9.97. The zero-order valence-corrected chi connectivity index (χ0v) is 26.8. The molecule has 0 spiro atoms. The van der Waals surface area contributed by atoms with Gasteiger partial charge in [-0.1, -0.05) is 95.4 Å². The van der Waals surface area contributed by atoms with Crippen molar-refractivity contribution in [1.29, 1.82) is 0 Å². The zero-order valence-electron chi connectivity index (χ0n) is 23.4. The molecular formula is C28H49BrO4SSi. The Kier molecular flexibility index (Phi) is 13.5. The maximum absolute atomic E-state index is 13.7. The van der Waals surface area contributed by atoms with Crippen molar-refractivity contribution >= 4 is 34.4 Å². The fourth-order valence-corrected chi connectivity index (χ4v) is 7.04. The SMILES string of the molecule is C=C(Br)C[C@@H](CCCO[Si](C)(C)C(C)(C)C)OS(=O)(=O)c1c(CCC)cc(CCC)cc1CCC. The van der Waals surface area contributed by atoms with Crippen LogP contribution >= 0.6 is 15.9 Å². The summed E-state index contributed by atoms with van der Waals surface area (Å²) in [7, 11) is -5.77. The molecule has 0 amide bonds. The maximum Gasteiger partial charge on any atom is 0.297 e. The molecule has 0 fully saturated rings. The van der Waals surface area contributed by atoms with Gasteiger partial charge < -0.3 is 4.43 Å². The molecule has 0 aromatic heterocycles. The number of halogens is 1. The average Bonchev–Trinajstić information content (AvgIpc) is 2.70. The van der Waals surface area contributed by atoms with Gasteiger partial charge in [0.2, 0.25) is 0 Å². The Balaban J connectivity index is 3.18. The zero-order chi connectivity index (χ0) is 26.9. The summed E-state index contributed by atoms with van der Waals surface area (Å²) in [6.07, 6.45) is 6.51. The number of hydrogen-bond acceptors (Lipinski definition) is 4. The molecular weight excluding hydrogens is 540 g/mol. The minimum Gasteiger partial charge on any atom is -0.417 e. The summed E-state index contributed by atoms with van der Waals surface area (Å²) in [5, 5.41) is 0.145. The summed E-state index contributed by atoms with van der Waals surface area (Å²) in [4.78, 5) is 0.392. The van der Waals surface area contributed by atoms with Crippen molar-refractivity contribution in [2.24, 2.45) is 0 Å². The first kappa shape index (κ1) is 32.6. The molecule has 0 N–H and O–H groups in total. The van der Waals surface area contributed by atoms with Crippen molar-refractivity contribution in [2.45, 2.75) is 128 Å². The summed E-state index contributed by atoms with van der Waals surface area (Å²) in [5.41, 5.74) is 2.99. The van der Waals surface area contributed by atoms with Crippen LogP contribution in [0.3, 0.4) is 0 Å². The van der Waals surface area contributed by atoms with Gasteiger partial charge in [0.1, 0.15) is 4.90 Å². The first-order valence-corrected chi connectivity index (χ1v) is 18.3. The Morgan fingerprint density at radius 2 is 1.54 bits per heavy atom. The fraction of sp³-hybridized carbons (Fsp3) is 0.714. The van der Waals surface area contributed by atoms with Crippen LogP contribution < -0.4 is 0 Å². The van der Waals surface area contributed by atoms with Gasteiger partial charge in [0.15, 0.2) is 8.32 Å². The summed E-state index contributed by atoms with van der Waals surface area (Å²) < 4.78 is 40.4. The van der Waals surface area contributed by atoms with Crippen LogP contribution in [0.25, 0.3) is 0 Å². The van der Waals surface area contributed by atoms with E-state index in [0.717, 1.165) is 60.6 Å². The standard InChI is InChI=1S/C28H49BrO4SSi/c1-10-14-23-20-24(15-11-2)27(25(21-23)16-12-3)34(30,31)33-26(19-22(4)29)17-13-18-32-35(8,9)28(5,6)7/h20-21,26H,4,10-19H2,1-3,5-9H3/t26-/m1/s1. The lowest BCUT2D eigenvalue weighted by molar-refractivity contribution is 0.182. The maximum atomic E-state index is 13.7. The van der Waals surface area contributed by atoms with Crippen molar-refractivity contribution in [3.63, 3.8) is 0 Å².